The van der Waals surface area contributed by atoms with Gasteiger partial charge < -0.3 is 24.4 Å². The Kier molecular flexibility index (Phi) is 8.50. The van der Waals surface area contributed by atoms with E-state index in [1.165, 1.54) is 0 Å². The van der Waals surface area contributed by atoms with Crippen LogP contribution >= 0.6 is 11.6 Å². The number of piperidine rings is 1. The number of hydrogen-bond donors (Lipinski definition) is 1. The van der Waals surface area contributed by atoms with E-state index in [1.807, 2.05) is 18.2 Å². The van der Waals surface area contributed by atoms with E-state index in [0.29, 0.717) is 28.7 Å². The third-order valence-electron chi connectivity index (χ3n) is 7.52. The zero-order chi connectivity index (χ0) is 25.8. The number of aliphatic carboxylic acids is 1. The molecule has 2 aliphatic rings. The second kappa shape index (κ2) is 11.6. The Morgan fingerprint density at radius 3 is 2.64 bits per heavy atom. The van der Waals surface area contributed by atoms with Crippen molar-refractivity contribution < 1.29 is 19.4 Å². The van der Waals surface area contributed by atoms with Crippen LogP contribution < -0.4 is 19.3 Å². The summed E-state index contributed by atoms with van der Waals surface area (Å²) in [5, 5.41) is 9.97. The minimum absolute atomic E-state index is 0.0349. The number of halogens is 1. The maximum Gasteiger partial charge on any atom is 0.305 e. The van der Waals surface area contributed by atoms with Crippen molar-refractivity contribution in [2.24, 2.45) is 17.8 Å². The second-order valence-corrected chi connectivity index (χ2v) is 11.0. The lowest BCUT2D eigenvalue weighted by molar-refractivity contribution is -0.137. The van der Waals surface area contributed by atoms with Gasteiger partial charge in [0.1, 0.15) is 11.9 Å². The standard InChI is InChI=1S/C28H38ClN3O4/c1-18(2)13-20-17-31(25-14-27(35-4)30-16-23(25)29)11-10-26(20)36-22-7-5-21(6-8-22)32-12-9-19(3)24(32)15-28(33)34/h5-8,14,16,18-20,24,26H,9-13,15,17H2,1-4H3,(H,33,34)/t19-,20?,24+,26?/m1/s1. The lowest BCUT2D eigenvalue weighted by Crippen LogP contribution is -2.46. The molecule has 0 aliphatic carbocycles. The average Bonchev–Trinajstić information content (AvgIpc) is 3.20. The fourth-order valence-electron chi connectivity index (χ4n) is 5.69. The van der Waals surface area contributed by atoms with Crippen LogP contribution in [0.5, 0.6) is 11.6 Å². The normalized spacial score (nSPS) is 24.3. The second-order valence-electron chi connectivity index (χ2n) is 10.6. The first-order valence-corrected chi connectivity index (χ1v) is 13.3. The molecule has 4 rings (SSSR count). The molecule has 36 heavy (non-hydrogen) atoms. The van der Waals surface area contributed by atoms with Gasteiger partial charge in [-0.3, -0.25) is 4.79 Å². The van der Waals surface area contributed by atoms with Gasteiger partial charge in [-0.1, -0.05) is 32.4 Å². The number of pyridine rings is 1. The van der Waals surface area contributed by atoms with Crippen LogP contribution in [-0.2, 0) is 4.79 Å². The third-order valence-corrected chi connectivity index (χ3v) is 7.81. The molecule has 4 atom stereocenters. The van der Waals surface area contributed by atoms with Crippen molar-refractivity contribution in [2.45, 2.75) is 58.6 Å². The van der Waals surface area contributed by atoms with Crippen molar-refractivity contribution in [2.75, 3.05) is 36.5 Å². The molecule has 1 aromatic heterocycles. The van der Waals surface area contributed by atoms with Gasteiger partial charge in [0, 0.05) is 49.8 Å². The average molecular weight is 516 g/mol. The topological polar surface area (TPSA) is 75.1 Å². The number of carboxylic acids is 1. The van der Waals surface area contributed by atoms with Crippen molar-refractivity contribution >= 4 is 28.9 Å². The lowest BCUT2D eigenvalue weighted by atomic mass is 9.87. The van der Waals surface area contributed by atoms with E-state index < -0.39 is 5.97 Å². The summed E-state index contributed by atoms with van der Waals surface area (Å²) in [6.45, 7) is 9.22. The molecule has 1 aromatic carbocycles. The van der Waals surface area contributed by atoms with Crippen molar-refractivity contribution in [1.82, 2.24) is 4.98 Å². The summed E-state index contributed by atoms with van der Waals surface area (Å²) in [6.07, 6.45) is 4.90. The van der Waals surface area contributed by atoms with Gasteiger partial charge in [-0.05, 0) is 48.9 Å². The first-order chi connectivity index (χ1) is 17.2. The summed E-state index contributed by atoms with van der Waals surface area (Å²) in [5.74, 6) is 1.95. The molecule has 0 saturated carbocycles. The van der Waals surface area contributed by atoms with Gasteiger partial charge in [-0.15, -0.1) is 0 Å². The van der Waals surface area contributed by atoms with Gasteiger partial charge in [0.05, 0.1) is 30.4 Å². The van der Waals surface area contributed by atoms with E-state index in [-0.39, 0.29) is 18.6 Å². The van der Waals surface area contributed by atoms with E-state index >= 15 is 0 Å². The molecule has 0 amide bonds. The Labute approximate surface area is 219 Å². The highest BCUT2D eigenvalue weighted by Gasteiger charge is 2.34. The largest absolute Gasteiger partial charge is 0.490 e. The van der Waals surface area contributed by atoms with Gasteiger partial charge in [0.15, 0.2) is 0 Å². The fraction of sp³-hybridized carbons (Fsp3) is 0.571. The quantitative estimate of drug-likeness (QED) is 0.455. The number of carboxylic acid groups (broad SMARTS) is 1. The predicted octanol–water partition coefficient (Wildman–Crippen LogP) is 5.75. The number of hydrogen-bond acceptors (Lipinski definition) is 6. The van der Waals surface area contributed by atoms with E-state index in [0.717, 1.165) is 56.0 Å². The van der Waals surface area contributed by atoms with Gasteiger partial charge in [-0.2, -0.15) is 0 Å². The van der Waals surface area contributed by atoms with Crippen LogP contribution in [0.25, 0.3) is 0 Å². The van der Waals surface area contributed by atoms with E-state index in [1.54, 1.807) is 13.3 Å². The molecule has 0 bridgehead atoms. The smallest absolute Gasteiger partial charge is 0.305 e. The Morgan fingerprint density at radius 2 is 1.97 bits per heavy atom. The monoisotopic (exact) mass is 515 g/mol. The molecule has 2 aliphatic heterocycles. The van der Waals surface area contributed by atoms with Crippen molar-refractivity contribution in [1.29, 1.82) is 0 Å². The van der Waals surface area contributed by atoms with Crippen LogP contribution in [-0.4, -0.2) is 54.9 Å². The summed E-state index contributed by atoms with van der Waals surface area (Å²) < 4.78 is 11.9. The Balaban J connectivity index is 1.45. The van der Waals surface area contributed by atoms with E-state index in [9.17, 15) is 9.90 Å². The van der Waals surface area contributed by atoms with Crippen molar-refractivity contribution in [3.63, 3.8) is 0 Å². The molecule has 8 heteroatoms. The summed E-state index contributed by atoms with van der Waals surface area (Å²) >= 11 is 6.49. The number of benzene rings is 1. The number of carbonyl (C=O) groups is 1. The SMILES string of the molecule is COc1cc(N2CCC(Oc3ccc(N4CC[C@@H](C)[C@@H]4CC(=O)O)cc3)C(CC(C)C)C2)c(Cl)cn1. The molecular weight excluding hydrogens is 478 g/mol. The van der Waals surface area contributed by atoms with Crippen LogP contribution in [0, 0.1) is 17.8 Å². The van der Waals surface area contributed by atoms with E-state index in [4.69, 9.17) is 21.1 Å². The maximum absolute atomic E-state index is 11.4. The van der Waals surface area contributed by atoms with Crippen molar-refractivity contribution in [3.05, 3.63) is 41.6 Å². The third kappa shape index (κ3) is 6.17. The first kappa shape index (κ1) is 26.4. The number of aromatic nitrogens is 1. The molecule has 196 valence electrons. The van der Waals surface area contributed by atoms with E-state index in [2.05, 4.69) is 47.7 Å². The van der Waals surface area contributed by atoms with Crippen LogP contribution in [0.4, 0.5) is 11.4 Å². The zero-order valence-electron chi connectivity index (χ0n) is 21.7. The number of anilines is 2. The van der Waals surface area contributed by atoms with Crippen LogP contribution in [0.15, 0.2) is 36.5 Å². The Hall–Kier alpha value is -2.67. The molecule has 3 heterocycles. The zero-order valence-corrected chi connectivity index (χ0v) is 22.4. The summed E-state index contributed by atoms with van der Waals surface area (Å²) in [4.78, 5) is 20.1. The number of methoxy groups -OCH3 is 1. The van der Waals surface area contributed by atoms with Gasteiger partial charge in [0.2, 0.25) is 5.88 Å². The Bertz CT molecular complexity index is 1030. The lowest BCUT2D eigenvalue weighted by Gasteiger charge is -2.40. The maximum atomic E-state index is 11.4. The summed E-state index contributed by atoms with van der Waals surface area (Å²) in [5.41, 5.74) is 2.02. The number of ether oxygens (including phenoxy) is 2. The number of nitrogens with zero attached hydrogens (tertiary/aromatic N) is 3. The van der Waals surface area contributed by atoms with Crippen LogP contribution in [0.1, 0.15) is 46.5 Å². The van der Waals surface area contributed by atoms with Crippen molar-refractivity contribution in [3.8, 4) is 11.6 Å². The molecular formula is C28H38ClN3O4. The molecule has 2 saturated heterocycles. The minimum Gasteiger partial charge on any atom is -0.490 e. The predicted molar refractivity (Wildman–Crippen MR) is 144 cm³/mol. The first-order valence-electron chi connectivity index (χ1n) is 12.9. The minimum atomic E-state index is -0.743. The highest BCUT2D eigenvalue weighted by atomic mass is 35.5. The highest BCUT2D eigenvalue weighted by Crippen LogP contribution is 2.36. The molecule has 2 fully saturated rings. The molecule has 2 unspecified atom stereocenters. The van der Waals surface area contributed by atoms with Gasteiger partial charge >= 0.3 is 5.97 Å². The highest BCUT2D eigenvalue weighted by molar-refractivity contribution is 6.33. The molecule has 7 nitrogen and oxygen atoms in total. The molecule has 0 radical (unpaired) electrons. The Morgan fingerprint density at radius 1 is 1.22 bits per heavy atom. The van der Waals surface area contributed by atoms with Gasteiger partial charge in [-0.25, -0.2) is 4.98 Å². The van der Waals surface area contributed by atoms with Gasteiger partial charge in [0.25, 0.3) is 0 Å². The molecule has 0 spiro atoms. The van der Waals surface area contributed by atoms with Crippen LogP contribution in [0.2, 0.25) is 5.02 Å². The summed E-state index contributed by atoms with van der Waals surface area (Å²) in [7, 11) is 1.61. The van der Waals surface area contributed by atoms with Crippen LogP contribution in [0.3, 0.4) is 0 Å². The molecule has 1 N–H and O–H groups in total. The summed E-state index contributed by atoms with van der Waals surface area (Å²) in [6, 6.07) is 10.1. The fourth-order valence-corrected chi connectivity index (χ4v) is 5.91. The molecule has 2 aromatic rings. The number of rotatable bonds is 9.